The molecule has 3 unspecified atom stereocenters. The molecule has 0 saturated heterocycles. The number of hydrogen-bond acceptors (Lipinski definition) is 4. The van der Waals surface area contributed by atoms with E-state index in [1.807, 2.05) is 32.9 Å². The van der Waals surface area contributed by atoms with Crippen molar-refractivity contribution in [3.8, 4) is 5.69 Å². The van der Waals surface area contributed by atoms with Crippen molar-refractivity contribution in [2.24, 2.45) is 11.8 Å². The van der Waals surface area contributed by atoms with Crippen LogP contribution in [0.25, 0.3) is 5.69 Å². The average molecular weight is 402 g/mol. The van der Waals surface area contributed by atoms with Crippen LogP contribution in [0.5, 0.6) is 0 Å². The van der Waals surface area contributed by atoms with Crippen LogP contribution in [0.2, 0.25) is 5.02 Å². The maximum absolute atomic E-state index is 13.1. The molecular formula is C21H24ClN3O3. The molecule has 148 valence electrons. The van der Waals surface area contributed by atoms with Gasteiger partial charge in [0.1, 0.15) is 11.7 Å². The second-order valence-electron chi connectivity index (χ2n) is 7.62. The molecule has 1 aliphatic carbocycles. The number of nitrogens with one attached hydrogen (secondary N) is 1. The first-order valence-corrected chi connectivity index (χ1v) is 9.69. The van der Waals surface area contributed by atoms with Crippen molar-refractivity contribution < 1.29 is 14.4 Å². The Labute approximate surface area is 169 Å². The second-order valence-corrected chi connectivity index (χ2v) is 8.06. The van der Waals surface area contributed by atoms with E-state index in [9.17, 15) is 14.4 Å². The molecule has 3 atom stereocenters. The van der Waals surface area contributed by atoms with Crippen LogP contribution in [0.3, 0.4) is 0 Å². The van der Waals surface area contributed by atoms with Crippen LogP contribution in [0, 0.1) is 25.7 Å². The molecule has 28 heavy (non-hydrogen) atoms. The van der Waals surface area contributed by atoms with Gasteiger partial charge in [-0.25, -0.2) is 4.68 Å². The highest BCUT2D eigenvalue weighted by Crippen LogP contribution is 2.39. The molecular weight excluding hydrogens is 378 g/mol. The molecule has 3 rings (SSSR count). The summed E-state index contributed by atoms with van der Waals surface area (Å²) in [6.45, 7) is 7.55. The quantitative estimate of drug-likeness (QED) is 0.780. The van der Waals surface area contributed by atoms with E-state index in [4.69, 9.17) is 11.6 Å². The van der Waals surface area contributed by atoms with Gasteiger partial charge in [-0.3, -0.25) is 14.4 Å². The van der Waals surface area contributed by atoms with Gasteiger partial charge >= 0.3 is 0 Å². The number of rotatable bonds is 5. The van der Waals surface area contributed by atoms with Crippen molar-refractivity contribution in [1.29, 1.82) is 0 Å². The minimum atomic E-state index is -0.736. The van der Waals surface area contributed by atoms with Crippen LogP contribution in [-0.2, 0) is 14.4 Å². The number of hydrogen-bond donors (Lipinski definition) is 1. The SMILES string of the molecule is CC(=O)NCC(C)C1CC(=O)C(c2c(C)cc(-n3cc(Cl)cn3)cc2C)C1=O. The summed E-state index contributed by atoms with van der Waals surface area (Å²) >= 11 is 5.95. The van der Waals surface area contributed by atoms with Gasteiger partial charge in [0.25, 0.3) is 0 Å². The summed E-state index contributed by atoms with van der Waals surface area (Å²) in [6.07, 6.45) is 3.49. The van der Waals surface area contributed by atoms with Crippen molar-refractivity contribution in [2.45, 2.75) is 40.0 Å². The van der Waals surface area contributed by atoms with Crippen LogP contribution < -0.4 is 5.32 Å². The summed E-state index contributed by atoms with van der Waals surface area (Å²) in [5.74, 6) is -1.43. The summed E-state index contributed by atoms with van der Waals surface area (Å²) in [7, 11) is 0. The number of carbonyl (C=O) groups is 3. The Balaban J connectivity index is 1.89. The number of aromatic nitrogens is 2. The van der Waals surface area contributed by atoms with Crippen molar-refractivity contribution >= 4 is 29.1 Å². The summed E-state index contributed by atoms with van der Waals surface area (Å²) < 4.78 is 1.67. The Morgan fingerprint density at radius 1 is 1.32 bits per heavy atom. The van der Waals surface area contributed by atoms with Crippen LogP contribution in [0.1, 0.15) is 42.9 Å². The maximum atomic E-state index is 13.1. The third-order valence-electron chi connectivity index (χ3n) is 5.44. The summed E-state index contributed by atoms with van der Waals surface area (Å²) in [4.78, 5) is 37.0. The lowest BCUT2D eigenvalue weighted by Gasteiger charge is -2.20. The maximum Gasteiger partial charge on any atom is 0.216 e. The topological polar surface area (TPSA) is 81.1 Å². The van der Waals surface area contributed by atoms with Gasteiger partial charge in [0.2, 0.25) is 5.91 Å². The highest BCUT2D eigenvalue weighted by molar-refractivity contribution is 6.30. The average Bonchev–Trinajstić information content (AvgIpc) is 3.17. The number of benzene rings is 1. The van der Waals surface area contributed by atoms with Crippen molar-refractivity contribution in [3.05, 3.63) is 46.2 Å². The normalized spacial score (nSPS) is 20.5. The zero-order chi connectivity index (χ0) is 20.6. The molecule has 0 spiro atoms. The van der Waals surface area contributed by atoms with E-state index < -0.39 is 5.92 Å². The van der Waals surface area contributed by atoms with Crippen LogP contribution in [0.4, 0.5) is 0 Å². The van der Waals surface area contributed by atoms with E-state index in [1.165, 1.54) is 6.92 Å². The number of aryl methyl sites for hydroxylation is 2. The zero-order valence-corrected chi connectivity index (χ0v) is 17.2. The highest BCUT2D eigenvalue weighted by atomic mass is 35.5. The van der Waals surface area contributed by atoms with E-state index in [0.29, 0.717) is 11.6 Å². The van der Waals surface area contributed by atoms with Gasteiger partial charge in [0, 0.05) is 32.0 Å². The van der Waals surface area contributed by atoms with E-state index in [1.54, 1.807) is 17.1 Å². The van der Waals surface area contributed by atoms with E-state index in [0.717, 1.165) is 22.4 Å². The van der Waals surface area contributed by atoms with Gasteiger partial charge in [-0.15, -0.1) is 0 Å². The van der Waals surface area contributed by atoms with Gasteiger partial charge in [0.05, 0.1) is 16.9 Å². The number of amides is 1. The monoisotopic (exact) mass is 401 g/mol. The largest absolute Gasteiger partial charge is 0.356 e. The lowest BCUT2D eigenvalue weighted by atomic mass is 9.85. The number of ketones is 2. The Bertz CT molecular complexity index is 927. The minimum Gasteiger partial charge on any atom is -0.356 e. The predicted octanol–water partition coefficient (Wildman–Crippen LogP) is 3.16. The first-order valence-electron chi connectivity index (χ1n) is 9.31. The second kappa shape index (κ2) is 7.87. The molecule has 7 heteroatoms. The fourth-order valence-electron chi connectivity index (χ4n) is 4.02. The van der Waals surface area contributed by atoms with E-state index in [2.05, 4.69) is 10.4 Å². The van der Waals surface area contributed by atoms with E-state index >= 15 is 0 Å². The molecule has 0 radical (unpaired) electrons. The Morgan fingerprint density at radius 2 is 1.96 bits per heavy atom. The van der Waals surface area contributed by atoms with E-state index in [-0.39, 0.29) is 35.7 Å². The molecule has 1 amide bonds. The summed E-state index contributed by atoms with van der Waals surface area (Å²) in [5.41, 5.74) is 3.37. The fourth-order valence-corrected chi connectivity index (χ4v) is 4.16. The van der Waals surface area contributed by atoms with Gasteiger partial charge < -0.3 is 5.32 Å². The lowest BCUT2D eigenvalue weighted by molar-refractivity contribution is -0.126. The first kappa shape index (κ1) is 20.3. The molecule has 1 aromatic heterocycles. The lowest BCUT2D eigenvalue weighted by Crippen LogP contribution is -2.31. The number of Topliss-reactive ketones (excluding diaryl/α,β-unsaturated/α-hetero) is 2. The third-order valence-corrected chi connectivity index (χ3v) is 5.63. The Kier molecular flexibility index (Phi) is 5.70. The van der Waals surface area contributed by atoms with Gasteiger partial charge in [-0.2, -0.15) is 5.10 Å². The van der Waals surface area contributed by atoms with Gasteiger partial charge in [-0.1, -0.05) is 18.5 Å². The molecule has 0 bridgehead atoms. The van der Waals surface area contributed by atoms with Crippen molar-refractivity contribution in [1.82, 2.24) is 15.1 Å². The minimum absolute atomic E-state index is 0.0502. The van der Waals surface area contributed by atoms with Gasteiger partial charge in [0.15, 0.2) is 5.78 Å². The Morgan fingerprint density at radius 3 is 2.50 bits per heavy atom. The molecule has 1 heterocycles. The zero-order valence-electron chi connectivity index (χ0n) is 16.5. The van der Waals surface area contributed by atoms with Crippen molar-refractivity contribution in [3.63, 3.8) is 0 Å². The third kappa shape index (κ3) is 3.87. The molecule has 6 nitrogen and oxygen atoms in total. The smallest absolute Gasteiger partial charge is 0.216 e. The number of nitrogens with zero attached hydrogens (tertiary/aromatic N) is 2. The standard InChI is InChI=1S/C21H24ClN3O3/c1-11-5-16(25-10-15(22)9-24-25)6-12(2)19(11)20-18(27)7-17(21(20)28)13(3)8-23-14(4)26/h5-6,9-10,13,17,20H,7-8H2,1-4H3,(H,23,26). The summed E-state index contributed by atoms with van der Waals surface area (Å²) in [6, 6.07) is 3.83. The van der Waals surface area contributed by atoms with Gasteiger partial charge in [-0.05, 0) is 48.6 Å². The molecule has 1 N–H and O–H groups in total. The molecule has 0 aliphatic heterocycles. The van der Waals surface area contributed by atoms with Crippen molar-refractivity contribution in [2.75, 3.05) is 6.54 Å². The van der Waals surface area contributed by atoms with Crippen LogP contribution >= 0.6 is 11.6 Å². The fraction of sp³-hybridized carbons (Fsp3) is 0.429. The molecule has 1 fully saturated rings. The van der Waals surface area contributed by atoms with Crippen LogP contribution in [0.15, 0.2) is 24.5 Å². The number of carbonyl (C=O) groups excluding carboxylic acids is 3. The molecule has 2 aromatic rings. The van der Waals surface area contributed by atoms with Crippen LogP contribution in [-0.4, -0.2) is 33.8 Å². The first-order chi connectivity index (χ1) is 13.2. The predicted molar refractivity (Wildman–Crippen MR) is 107 cm³/mol. The Hall–Kier alpha value is -2.47. The molecule has 1 aliphatic rings. The molecule has 1 saturated carbocycles. The highest BCUT2D eigenvalue weighted by Gasteiger charge is 2.45. The number of halogens is 1. The summed E-state index contributed by atoms with van der Waals surface area (Å²) in [5, 5.41) is 7.49. The molecule has 1 aromatic carbocycles.